The molecule has 1 N–H and O–H groups in total. The van der Waals surface area contributed by atoms with Crippen LogP contribution in [0.5, 0.6) is 5.88 Å². The molecule has 4 rings (SSSR count). The second kappa shape index (κ2) is 6.88. The first-order valence-corrected chi connectivity index (χ1v) is 7.73. The number of hydrogen-bond acceptors (Lipinski definition) is 6. The maximum atomic E-state index is 5.83. The van der Waals surface area contributed by atoms with Gasteiger partial charge in [-0.05, 0) is 17.7 Å². The number of benzene rings is 2. The third-order valence-corrected chi connectivity index (χ3v) is 3.47. The van der Waals surface area contributed by atoms with Crippen molar-refractivity contribution in [2.45, 2.75) is 6.61 Å². The van der Waals surface area contributed by atoms with E-state index >= 15 is 0 Å². The van der Waals surface area contributed by atoms with Crippen LogP contribution < -0.4 is 4.74 Å². The Hall–Kier alpha value is -3.61. The zero-order chi connectivity index (χ0) is 16.9. The molecule has 4 aromatic rings. The number of hydrogen-bond donors (Lipinski definition) is 1. The average molecular weight is 330 g/mol. The van der Waals surface area contributed by atoms with Crippen LogP contribution in [0.3, 0.4) is 0 Å². The van der Waals surface area contributed by atoms with Gasteiger partial charge in [0.05, 0.1) is 12.0 Å². The van der Waals surface area contributed by atoms with Crippen LogP contribution in [-0.2, 0) is 6.61 Å². The summed E-state index contributed by atoms with van der Waals surface area (Å²) in [5, 5.41) is 8.22. The van der Waals surface area contributed by atoms with E-state index in [0.717, 1.165) is 11.3 Å². The van der Waals surface area contributed by atoms with Crippen LogP contribution in [0.25, 0.3) is 11.2 Å². The van der Waals surface area contributed by atoms with Gasteiger partial charge in [-0.25, -0.2) is 4.98 Å². The molecule has 7 nitrogen and oxygen atoms in total. The Morgan fingerprint density at radius 1 is 0.880 bits per heavy atom. The number of imidazole rings is 1. The van der Waals surface area contributed by atoms with Gasteiger partial charge in [-0.2, -0.15) is 9.97 Å². The van der Waals surface area contributed by atoms with Crippen molar-refractivity contribution in [1.29, 1.82) is 0 Å². The highest BCUT2D eigenvalue weighted by molar-refractivity contribution is 5.76. The predicted molar refractivity (Wildman–Crippen MR) is 93.1 cm³/mol. The minimum atomic E-state index is 0.200. The second-order valence-corrected chi connectivity index (χ2v) is 5.24. The van der Waals surface area contributed by atoms with Crippen molar-refractivity contribution >= 4 is 22.8 Å². The lowest BCUT2D eigenvalue weighted by atomic mass is 10.2. The highest BCUT2D eigenvalue weighted by atomic mass is 16.5. The van der Waals surface area contributed by atoms with Crippen molar-refractivity contribution in [3.05, 3.63) is 72.6 Å². The van der Waals surface area contributed by atoms with Gasteiger partial charge in [0.25, 0.3) is 5.95 Å². The van der Waals surface area contributed by atoms with Gasteiger partial charge in [0.2, 0.25) is 5.88 Å². The monoisotopic (exact) mass is 330 g/mol. The van der Waals surface area contributed by atoms with E-state index in [4.69, 9.17) is 4.74 Å². The van der Waals surface area contributed by atoms with Crippen molar-refractivity contribution in [2.75, 3.05) is 0 Å². The smallest absolute Gasteiger partial charge is 0.274 e. The summed E-state index contributed by atoms with van der Waals surface area (Å²) in [6.07, 6.45) is 1.55. The molecule has 2 aromatic carbocycles. The van der Waals surface area contributed by atoms with E-state index < -0.39 is 0 Å². The molecule has 0 radical (unpaired) electrons. The molecule has 122 valence electrons. The van der Waals surface area contributed by atoms with Crippen molar-refractivity contribution in [2.24, 2.45) is 10.2 Å². The molecule has 0 saturated heterocycles. The standard InChI is InChI=1S/C18H14N6O/c1-3-7-13(8-4-1)11-25-17-15-16(20-12-19-15)21-18(22-17)24-23-14-9-5-2-6-10-14/h1-10,12H,11H2,(H,19,20,21,22). The largest absolute Gasteiger partial charge is 0.471 e. The number of ether oxygens (including phenoxy) is 1. The fraction of sp³-hybridized carbons (Fsp3) is 0.0556. The molecule has 0 spiro atoms. The van der Waals surface area contributed by atoms with Gasteiger partial charge >= 0.3 is 0 Å². The summed E-state index contributed by atoms with van der Waals surface area (Å²) in [5.74, 6) is 0.597. The highest BCUT2D eigenvalue weighted by Gasteiger charge is 2.11. The topological polar surface area (TPSA) is 88.4 Å². The van der Waals surface area contributed by atoms with E-state index in [9.17, 15) is 0 Å². The van der Waals surface area contributed by atoms with Gasteiger partial charge in [0, 0.05) is 0 Å². The molecule has 0 saturated carbocycles. The number of rotatable bonds is 5. The number of azo groups is 1. The molecule has 0 aliphatic rings. The molecule has 7 heteroatoms. The molecule has 0 bridgehead atoms. The van der Waals surface area contributed by atoms with E-state index in [-0.39, 0.29) is 5.95 Å². The quantitative estimate of drug-likeness (QED) is 0.551. The van der Waals surface area contributed by atoms with Gasteiger partial charge in [0.1, 0.15) is 12.1 Å². The van der Waals surface area contributed by atoms with Gasteiger partial charge < -0.3 is 9.72 Å². The van der Waals surface area contributed by atoms with Crippen LogP contribution in [0.2, 0.25) is 0 Å². The Labute approximate surface area is 143 Å². The summed E-state index contributed by atoms with van der Waals surface area (Å²) in [4.78, 5) is 15.8. The van der Waals surface area contributed by atoms with E-state index in [1.165, 1.54) is 0 Å². The second-order valence-electron chi connectivity index (χ2n) is 5.24. The number of nitrogens with zero attached hydrogens (tertiary/aromatic N) is 5. The van der Waals surface area contributed by atoms with Crippen LogP contribution in [0.4, 0.5) is 11.6 Å². The molecule has 0 fully saturated rings. The Morgan fingerprint density at radius 2 is 1.64 bits per heavy atom. The number of nitrogens with one attached hydrogen (secondary N) is 1. The third kappa shape index (κ3) is 3.50. The number of fused-ring (bicyclic) bond motifs is 1. The van der Waals surface area contributed by atoms with Gasteiger partial charge in [-0.15, -0.1) is 10.2 Å². The van der Waals surface area contributed by atoms with Gasteiger partial charge in [-0.3, -0.25) is 0 Å². The van der Waals surface area contributed by atoms with E-state index in [1.807, 2.05) is 60.7 Å². The Balaban J connectivity index is 1.62. The van der Waals surface area contributed by atoms with E-state index in [2.05, 4.69) is 30.2 Å². The summed E-state index contributed by atoms with van der Waals surface area (Å²) < 4.78 is 5.83. The van der Waals surface area contributed by atoms with Gasteiger partial charge in [0.15, 0.2) is 5.65 Å². The first-order chi connectivity index (χ1) is 12.4. The fourth-order valence-electron chi connectivity index (χ4n) is 2.27. The van der Waals surface area contributed by atoms with Crippen LogP contribution in [0.1, 0.15) is 5.56 Å². The van der Waals surface area contributed by atoms with Crippen molar-refractivity contribution in [3.63, 3.8) is 0 Å². The average Bonchev–Trinajstić information content (AvgIpc) is 3.15. The molecule has 0 unspecified atom stereocenters. The van der Waals surface area contributed by atoms with Crippen LogP contribution in [0, 0.1) is 0 Å². The number of aromatic nitrogens is 4. The zero-order valence-electron chi connectivity index (χ0n) is 13.2. The molecule has 0 aliphatic carbocycles. The minimum Gasteiger partial charge on any atom is -0.471 e. The van der Waals surface area contributed by atoms with Crippen LogP contribution >= 0.6 is 0 Å². The summed E-state index contributed by atoms with van der Waals surface area (Å²) in [6.45, 7) is 0.390. The lowest BCUT2D eigenvalue weighted by molar-refractivity contribution is 0.297. The maximum absolute atomic E-state index is 5.83. The Morgan fingerprint density at radius 3 is 2.44 bits per heavy atom. The summed E-state index contributed by atoms with van der Waals surface area (Å²) in [5.41, 5.74) is 2.89. The number of H-pyrrole nitrogens is 1. The molecule has 25 heavy (non-hydrogen) atoms. The third-order valence-electron chi connectivity index (χ3n) is 3.47. The Kier molecular flexibility index (Phi) is 4.11. The molecular weight excluding hydrogens is 316 g/mol. The molecule has 0 aliphatic heterocycles. The summed E-state index contributed by atoms with van der Waals surface area (Å²) in [7, 11) is 0. The van der Waals surface area contributed by atoms with E-state index in [0.29, 0.717) is 23.7 Å². The summed E-state index contributed by atoms with van der Waals surface area (Å²) >= 11 is 0. The highest BCUT2D eigenvalue weighted by Crippen LogP contribution is 2.24. The SMILES string of the molecule is c1ccc(COc2nc(N=Nc3ccccc3)nc3nc[nH]c23)cc1. The van der Waals surface area contributed by atoms with Crippen LogP contribution in [0.15, 0.2) is 77.2 Å². The first kappa shape index (κ1) is 14.9. The maximum Gasteiger partial charge on any atom is 0.274 e. The summed E-state index contributed by atoms with van der Waals surface area (Å²) in [6, 6.07) is 19.3. The molecule has 0 amide bonds. The molecule has 2 aromatic heterocycles. The normalized spacial score (nSPS) is 11.2. The minimum absolute atomic E-state index is 0.200. The lowest BCUT2D eigenvalue weighted by Crippen LogP contribution is -1.99. The van der Waals surface area contributed by atoms with Crippen molar-refractivity contribution < 1.29 is 4.74 Å². The zero-order valence-corrected chi connectivity index (χ0v) is 13.2. The van der Waals surface area contributed by atoms with E-state index in [1.54, 1.807) is 6.33 Å². The first-order valence-electron chi connectivity index (χ1n) is 7.73. The molecular formula is C18H14N6O. The van der Waals surface area contributed by atoms with Crippen molar-refractivity contribution in [3.8, 4) is 5.88 Å². The predicted octanol–water partition coefficient (Wildman–Crippen LogP) is 4.35. The van der Waals surface area contributed by atoms with Gasteiger partial charge in [-0.1, -0.05) is 48.5 Å². The van der Waals surface area contributed by atoms with Crippen LogP contribution in [-0.4, -0.2) is 19.9 Å². The fourth-order valence-corrected chi connectivity index (χ4v) is 2.27. The molecule has 2 heterocycles. The molecule has 0 atom stereocenters. The van der Waals surface area contributed by atoms with Crippen molar-refractivity contribution in [1.82, 2.24) is 19.9 Å². The number of aromatic amines is 1. The Bertz CT molecular complexity index is 998. The lowest BCUT2D eigenvalue weighted by Gasteiger charge is -2.06.